The Labute approximate surface area is 204 Å². The number of carbonyl (C=O) groups excluding carboxylic acids is 3. The summed E-state index contributed by atoms with van der Waals surface area (Å²) in [5, 5.41) is 11.4. The lowest BCUT2D eigenvalue weighted by Crippen LogP contribution is -2.52. The quantitative estimate of drug-likeness (QED) is 0.273. The molecule has 0 radical (unpaired) electrons. The Kier molecular flexibility index (Phi) is 6.49. The molecule has 35 heavy (non-hydrogen) atoms. The van der Waals surface area contributed by atoms with E-state index in [1.165, 1.54) is 16.9 Å². The molecular formula is C27H29N3O5. The van der Waals surface area contributed by atoms with Crippen LogP contribution in [0.4, 0.5) is 5.69 Å². The molecular weight excluding hydrogens is 446 g/mol. The lowest BCUT2D eigenvalue weighted by Gasteiger charge is -2.34. The number of ether oxygens (including phenoxy) is 1. The highest BCUT2D eigenvalue weighted by molar-refractivity contribution is 6.50. The molecule has 2 aromatic carbocycles. The number of aliphatic hydroxyl groups is 1. The zero-order valence-electron chi connectivity index (χ0n) is 20.2. The highest BCUT2D eigenvalue weighted by Crippen LogP contribution is 2.53. The smallest absolute Gasteiger partial charge is 0.296 e. The fraction of sp³-hybridized carbons (Fsp3) is 0.296. The van der Waals surface area contributed by atoms with Crippen LogP contribution in [0.5, 0.6) is 5.75 Å². The van der Waals surface area contributed by atoms with E-state index in [-0.39, 0.29) is 18.7 Å². The monoisotopic (exact) mass is 475 g/mol. The minimum Gasteiger partial charge on any atom is -0.507 e. The lowest BCUT2D eigenvalue weighted by atomic mass is 9.82. The fourth-order valence-electron chi connectivity index (χ4n) is 4.92. The molecule has 182 valence electrons. The summed E-state index contributed by atoms with van der Waals surface area (Å²) in [7, 11) is 5.35. The van der Waals surface area contributed by atoms with E-state index < -0.39 is 28.9 Å². The third-order valence-corrected chi connectivity index (χ3v) is 6.47. The van der Waals surface area contributed by atoms with Crippen molar-refractivity contribution in [3.05, 3.63) is 77.9 Å². The molecule has 0 bridgehead atoms. The van der Waals surface area contributed by atoms with Crippen LogP contribution >= 0.6 is 0 Å². The number of ketones is 1. The Morgan fingerprint density at radius 1 is 1.11 bits per heavy atom. The van der Waals surface area contributed by atoms with E-state index in [1.54, 1.807) is 54.6 Å². The number of nitrogens with zero attached hydrogens (tertiary/aromatic N) is 3. The predicted octanol–water partition coefficient (Wildman–Crippen LogP) is 2.76. The molecule has 2 amide bonds. The van der Waals surface area contributed by atoms with Gasteiger partial charge in [0.2, 0.25) is 0 Å². The number of Topliss-reactive ketones (excluding diaryl/α,β-unsaturated/α-hetero) is 1. The Balaban J connectivity index is 1.98. The van der Waals surface area contributed by atoms with Gasteiger partial charge >= 0.3 is 0 Å². The maximum atomic E-state index is 14.2. The first kappa shape index (κ1) is 24.2. The van der Waals surface area contributed by atoms with Crippen LogP contribution < -0.4 is 9.64 Å². The van der Waals surface area contributed by atoms with Gasteiger partial charge in [-0.25, -0.2) is 0 Å². The summed E-state index contributed by atoms with van der Waals surface area (Å²) in [6.07, 6.45) is 2.14. The number of carbonyl (C=O) groups is 3. The molecule has 0 unspecified atom stereocenters. The predicted molar refractivity (Wildman–Crippen MR) is 133 cm³/mol. The van der Waals surface area contributed by atoms with Gasteiger partial charge in [-0.2, -0.15) is 0 Å². The number of hydrogen-bond acceptors (Lipinski definition) is 6. The van der Waals surface area contributed by atoms with Gasteiger partial charge in [-0.05, 0) is 57.4 Å². The van der Waals surface area contributed by atoms with Gasteiger partial charge in [0, 0.05) is 24.2 Å². The van der Waals surface area contributed by atoms with Gasteiger partial charge in [-0.15, -0.1) is 6.58 Å². The average Bonchev–Trinajstić information content (AvgIpc) is 3.23. The average molecular weight is 476 g/mol. The van der Waals surface area contributed by atoms with Crippen LogP contribution in [0.25, 0.3) is 5.76 Å². The maximum absolute atomic E-state index is 14.2. The van der Waals surface area contributed by atoms with Crippen LogP contribution in [-0.2, 0) is 19.9 Å². The number of benzene rings is 2. The number of anilines is 1. The Bertz CT molecular complexity index is 1220. The van der Waals surface area contributed by atoms with Crippen molar-refractivity contribution >= 4 is 29.0 Å². The minimum absolute atomic E-state index is 0.171. The molecule has 2 aliphatic rings. The molecule has 1 N–H and O–H groups in total. The number of rotatable bonds is 8. The van der Waals surface area contributed by atoms with Crippen LogP contribution in [0, 0.1) is 0 Å². The van der Waals surface area contributed by atoms with E-state index in [9.17, 15) is 19.5 Å². The molecule has 0 aromatic heterocycles. The van der Waals surface area contributed by atoms with Crippen molar-refractivity contribution in [2.24, 2.45) is 0 Å². The fourth-order valence-corrected chi connectivity index (χ4v) is 4.92. The molecule has 8 heteroatoms. The number of hydrogen-bond donors (Lipinski definition) is 1. The summed E-state index contributed by atoms with van der Waals surface area (Å²) in [6, 6.07) is 13.5. The van der Waals surface area contributed by atoms with Crippen molar-refractivity contribution in [2.75, 3.05) is 45.7 Å². The van der Waals surface area contributed by atoms with Crippen molar-refractivity contribution in [1.29, 1.82) is 0 Å². The van der Waals surface area contributed by atoms with Crippen LogP contribution in [0.1, 0.15) is 17.5 Å². The number of amides is 2. The number of likely N-dealkylation sites (tertiary alicyclic amines) is 1. The molecule has 1 atom stereocenters. The van der Waals surface area contributed by atoms with Crippen molar-refractivity contribution < 1.29 is 24.2 Å². The van der Waals surface area contributed by atoms with Crippen LogP contribution in [0.3, 0.4) is 0 Å². The first-order chi connectivity index (χ1) is 16.8. The standard InChI is InChI=1S/C27H29N3O5/c1-5-15-29-21-10-7-6-9-20(21)27(26(29)34)22(23(31)18-11-13-19(35-4)14-12-18)24(32)25(33)30(27)17-8-16-28(2)3/h5-7,9-14,31H,1,8,15-17H2,2-4H3/t27-/m0/s1. The molecule has 0 aliphatic carbocycles. The van der Waals surface area contributed by atoms with Crippen LogP contribution in [0.2, 0.25) is 0 Å². The SMILES string of the molecule is C=CCN1C(=O)[C@@]2(C(=C(O)c3ccc(OC)cc3)C(=O)C(=O)N2CCCN(C)C)c2ccccc21. The van der Waals surface area contributed by atoms with Crippen molar-refractivity contribution in [2.45, 2.75) is 12.0 Å². The second-order valence-electron chi connectivity index (χ2n) is 8.83. The van der Waals surface area contributed by atoms with E-state index in [0.717, 1.165) is 0 Å². The summed E-state index contributed by atoms with van der Waals surface area (Å²) in [5.41, 5.74) is -0.599. The van der Waals surface area contributed by atoms with Crippen LogP contribution in [0.15, 0.2) is 66.8 Å². The zero-order chi connectivity index (χ0) is 25.3. The van der Waals surface area contributed by atoms with E-state index in [0.29, 0.717) is 35.5 Å². The largest absolute Gasteiger partial charge is 0.507 e. The minimum atomic E-state index is -1.76. The molecule has 2 aromatic rings. The summed E-state index contributed by atoms with van der Waals surface area (Å²) in [4.78, 5) is 45.9. The molecule has 1 fully saturated rings. The van der Waals surface area contributed by atoms with E-state index in [2.05, 4.69) is 6.58 Å². The summed E-state index contributed by atoms with van der Waals surface area (Å²) in [6.45, 7) is 4.79. The summed E-state index contributed by atoms with van der Waals surface area (Å²) in [5.74, 6) is -1.98. The van der Waals surface area contributed by atoms with Gasteiger partial charge in [0.25, 0.3) is 17.6 Å². The van der Waals surface area contributed by atoms with E-state index in [4.69, 9.17) is 4.74 Å². The molecule has 2 aliphatic heterocycles. The number of aliphatic hydroxyl groups excluding tert-OH is 1. The van der Waals surface area contributed by atoms with Crippen molar-refractivity contribution in [3.8, 4) is 5.75 Å². The van der Waals surface area contributed by atoms with Gasteiger partial charge < -0.3 is 24.5 Å². The second-order valence-corrected chi connectivity index (χ2v) is 8.83. The Morgan fingerprint density at radius 2 is 1.80 bits per heavy atom. The Hall–Kier alpha value is -3.91. The van der Waals surface area contributed by atoms with Gasteiger partial charge in [0.05, 0.1) is 18.4 Å². The van der Waals surface area contributed by atoms with E-state index in [1.807, 2.05) is 19.0 Å². The highest BCUT2D eigenvalue weighted by atomic mass is 16.5. The molecule has 4 rings (SSSR count). The second kappa shape index (κ2) is 9.38. The zero-order valence-corrected chi connectivity index (χ0v) is 20.2. The first-order valence-electron chi connectivity index (χ1n) is 11.4. The van der Waals surface area contributed by atoms with Crippen LogP contribution in [-0.4, -0.2) is 73.3 Å². The van der Waals surface area contributed by atoms with Crippen molar-refractivity contribution in [1.82, 2.24) is 9.80 Å². The molecule has 1 saturated heterocycles. The molecule has 2 heterocycles. The third-order valence-electron chi connectivity index (χ3n) is 6.47. The topological polar surface area (TPSA) is 90.4 Å². The number of fused-ring (bicyclic) bond motifs is 2. The normalized spacial score (nSPS) is 20.7. The molecule has 8 nitrogen and oxygen atoms in total. The lowest BCUT2D eigenvalue weighted by molar-refractivity contribution is -0.143. The van der Waals surface area contributed by atoms with Gasteiger partial charge in [-0.3, -0.25) is 14.4 Å². The number of methoxy groups -OCH3 is 1. The third kappa shape index (κ3) is 3.70. The van der Waals surface area contributed by atoms with Gasteiger partial charge in [0.15, 0.2) is 5.54 Å². The molecule has 0 saturated carbocycles. The molecule has 1 spiro atoms. The summed E-state index contributed by atoms with van der Waals surface area (Å²) < 4.78 is 5.19. The van der Waals surface area contributed by atoms with E-state index >= 15 is 0 Å². The highest BCUT2D eigenvalue weighted by Gasteiger charge is 2.66. The van der Waals surface area contributed by atoms with Gasteiger partial charge in [0.1, 0.15) is 11.5 Å². The Morgan fingerprint density at radius 3 is 2.43 bits per heavy atom. The van der Waals surface area contributed by atoms with Gasteiger partial charge in [-0.1, -0.05) is 24.3 Å². The summed E-state index contributed by atoms with van der Waals surface area (Å²) >= 11 is 0. The first-order valence-corrected chi connectivity index (χ1v) is 11.4. The maximum Gasteiger partial charge on any atom is 0.296 e. The number of para-hydroxylation sites is 1. The van der Waals surface area contributed by atoms with Crippen molar-refractivity contribution in [3.63, 3.8) is 0 Å².